The van der Waals surface area contributed by atoms with Gasteiger partial charge in [-0.3, -0.25) is 4.90 Å². The second-order valence-electron chi connectivity index (χ2n) is 8.94. The highest BCUT2D eigenvalue weighted by atomic mass is 19.4. The summed E-state index contributed by atoms with van der Waals surface area (Å²) in [5.41, 5.74) is -0.709. The fourth-order valence-electron chi connectivity index (χ4n) is 4.01. The Morgan fingerprint density at radius 2 is 1.69 bits per heavy atom. The maximum absolute atomic E-state index is 12.8. The van der Waals surface area contributed by atoms with Gasteiger partial charge in [-0.25, -0.2) is 4.79 Å². The van der Waals surface area contributed by atoms with Gasteiger partial charge in [0.1, 0.15) is 5.60 Å². The molecule has 1 aliphatic carbocycles. The second kappa shape index (κ2) is 9.76. The van der Waals surface area contributed by atoms with E-state index in [1.165, 1.54) is 4.90 Å². The third-order valence-electron chi connectivity index (χ3n) is 5.44. The van der Waals surface area contributed by atoms with E-state index in [1.807, 2.05) is 4.90 Å². The third-order valence-corrected chi connectivity index (χ3v) is 5.44. The molecule has 0 radical (unpaired) electrons. The number of nitrogens with zero attached hydrogens (tertiary/aromatic N) is 2. The van der Waals surface area contributed by atoms with E-state index in [0.29, 0.717) is 39.0 Å². The summed E-state index contributed by atoms with van der Waals surface area (Å²) in [6.07, 6.45) is -3.47. The third kappa shape index (κ3) is 7.88. The minimum atomic E-state index is -4.14. The number of ether oxygens (including phenoxy) is 2. The fraction of sp³-hybridized carbons (Fsp3) is 0.947. The van der Waals surface area contributed by atoms with Crippen molar-refractivity contribution in [2.75, 3.05) is 32.8 Å². The van der Waals surface area contributed by atoms with E-state index < -0.39 is 36.4 Å². The first-order valence-corrected chi connectivity index (χ1v) is 10.0. The van der Waals surface area contributed by atoms with Gasteiger partial charge in [0.15, 0.2) is 0 Å². The van der Waals surface area contributed by atoms with Crippen molar-refractivity contribution in [1.82, 2.24) is 9.80 Å². The zero-order valence-corrected chi connectivity index (χ0v) is 17.2. The molecule has 0 aromatic rings. The lowest BCUT2D eigenvalue weighted by atomic mass is 9.81. The number of rotatable bonds is 5. The monoisotopic (exact) mass is 430 g/mol. The highest BCUT2D eigenvalue weighted by molar-refractivity contribution is 5.68. The molecule has 1 saturated heterocycles. The molecule has 1 saturated carbocycles. The van der Waals surface area contributed by atoms with Crippen LogP contribution in [0, 0.1) is 11.8 Å². The first-order chi connectivity index (χ1) is 13.3. The minimum Gasteiger partial charge on any atom is -0.444 e. The molecule has 0 aromatic carbocycles. The van der Waals surface area contributed by atoms with Crippen molar-refractivity contribution >= 4 is 6.09 Å². The molecule has 10 heteroatoms. The summed E-state index contributed by atoms with van der Waals surface area (Å²) in [5.74, 6) is -1.09. The Hall–Kier alpha value is -1.16. The van der Waals surface area contributed by atoms with Gasteiger partial charge < -0.3 is 14.4 Å². The minimum absolute atomic E-state index is 0.129. The lowest BCUT2D eigenvalue weighted by Gasteiger charge is -2.43. The summed E-state index contributed by atoms with van der Waals surface area (Å²) in [6.45, 7) is 3.64. The average molecular weight is 430 g/mol. The number of carbonyl (C=O) groups is 1. The highest BCUT2D eigenvalue weighted by Gasteiger charge is 2.42. The molecule has 1 amide bonds. The van der Waals surface area contributed by atoms with E-state index in [1.54, 1.807) is 20.8 Å². The van der Waals surface area contributed by atoms with Crippen molar-refractivity contribution in [2.45, 2.75) is 70.9 Å². The highest BCUT2D eigenvalue weighted by Crippen LogP contribution is 2.39. The van der Waals surface area contributed by atoms with Crippen molar-refractivity contribution < 1.29 is 36.2 Å². The quantitative estimate of drug-likeness (QED) is 0.602. The topological polar surface area (TPSA) is 42.0 Å². The molecular formula is C19H31F5N2O3. The Balaban J connectivity index is 1.91. The number of carbonyl (C=O) groups excluding carboxylic acids is 1. The van der Waals surface area contributed by atoms with Gasteiger partial charge in [0.2, 0.25) is 0 Å². The van der Waals surface area contributed by atoms with E-state index >= 15 is 0 Å². The molecule has 0 aromatic heterocycles. The van der Waals surface area contributed by atoms with Gasteiger partial charge in [0, 0.05) is 26.2 Å². The van der Waals surface area contributed by atoms with Crippen LogP contribution in [0.2, 0.25) is 0 Å². The number of alkyl halides is 5. The Bertz CT molecular complexity index is 531. The van der Waals surface area contributed by atoms with Gasteiger partial charge in [-0.2, -0.15) is 22.0 Å². The van der Waals surface area contributed by atoms with Crippen molar-refractivity contribution in [2.24, 2.45) is 11.8 Å². The molecule has 2 rings (SSSR count). The van der Waals surface area contributed by atoms with Crippen molar-refractivity contribution in [3.8, 4) is 0 Å². The van der Waals surface area contributed by atoms with E-state index in [-0.39, 0.29) is 25.4 Å². The van der Waals surface area contributed by atoms with Crippen LogP contribution in [-0.2, 0) is 9.47 Å². The Kier molecular flexibility index (Phi) is 8.12. The van der Waals surface area contributed by atoms with Crippen molar-refractivity contribution in [1.29, 1.82) is 0 Å². The summed E-state index contributed by atoms with van der Waals surface area (Å²) in [6, 6.07) is -0.598. The van der Waals surface area contributed by atoms with Crippen LogP contribution in [-0.4, -0.2) is 73.1 Å². The summed E-state index contributed by atoms with van der Waals surface area (Å²) < 4.78 is 73.4. The Morgan fingerprint density at radius 3 is 2.21 bits per heavy atom. The van der Waals surface area contributed by atoms with E-state index in [4.69, 9.17) is 4.74 Å². The van der Waals surface area contributed by atoms with Crippen LogP contribution in [0.25, 0.3) is 0 Å². The van der Waals surface area contributed by atoms with Gasteiger partial charge in [0.25, 0.3) is 0 Å². The number of hydrogen-bond acceptors (Lipinski definition) is 4. The molecule has 0 spiro atoms. The Labute approximate surface area is 168 Å². The van der Waals surface area contributed by atoms with E-state index in [2.05, 4.69) is 4.74 Å². The zero-order valence-electron chi connectivity index (χ0n) is 17.2. The van der Waals surface area contributed by atoms with Gasteiger partial charge >= 0.3 is 18.9 Å². The normalized spacial score (nSPS) is 27.3. The average Bonchev–Trinajstić information content (AvgIpc) is 2.58. The summed E-state index contributed by atoms with van der Waals surface area (Å²) >= 11 is 0. The van der Waals surface area contributed by atoms with Gasteiger partial charge in [-0.1, -0.05) is 0 Å². The fourth-order valence-corrected chi connectivity index (χ4v) is 4.01. The molecular weight excluding hydrogens is 399 g/mol. The number of halogens is 5. The lowest BCUT2D eigenvalue weighted by molar-refractivity contribution is -0.184. The molecule has 2 aliphatic rings. The number of amides is 1. The SMILES string of the molecule is CC(C)(C)OC(=O)N1CCN(CC2CCC(C(F)(F)F)CC2)C[C@H]1COC(F)F. The van der Waals surface area contributed by atoms with Crippen molar-refractivity contribution in [3.63, 3.8) is 0 Å². The summed E-state index contributed by atoms with van der Waals surface area (Å²) in [4.78, 5) is 15.9. The molecule has 29 heavy (non-hydrogen) atoms. The lowest BCUT2D eigenvalue weighted by Crippen LogP contribution is -2.58. The molecule has 1 heterocycles. The molecule has 5 nitrogen and oxygen atoms in total. The molecule has 0 N–H and O–H groups in total. The van der Waals surface area contributed by atoms with Crippen LogP contribution in [0.3, 0.4) is 0 Å². The van der Waals surface area contributed by atoms with Crippen LogP contribution in [0.15, 0.2) is 0 Å². The smallest absolute Gasteiger partial charge is 0.410 e. The molecule has 2 fully saturated rings. The van der Waals surface area contributed by atoms with E-state index in [9.17, 15) is 26.7 Å². The predicted octanol–water partition coefficient (Wildman–Crippen LogP) is 4.52. The summed E-state index contributed by atoms with van der Waals surface area (Å²) in [5, 5.41) is 0. The van der Waals surface area contributed by atoms with Crippen LogP contribution >= 0.6 is 0 Å². The van der Waals surface area contributed by atoms with Gasteiger partial charge in [0.05, 0.1) is 18.6 Å². The van der Waals surface area contributed by atoms with Crippen LogP contribution in [0.5, 0.6) is 0 Å². The van der Waals surface area contributed by atoms with Crippen LogP contribution in [0.4, 0.5) is 26.7 Å². The standard InChI is InChI=1S/C19H31F5N2O3/c1-18(2,3)29-17(27)26-9-8-25(11-15(26)12-28-16(20)21)10-13-4-6-14(7-5-13)19(22,23)24/h13-16H,4-12H2,1-3H3/t13?,14?,15-/m0/s1. The maximum Gasteiger partial charge on any atom is 0.410 e. The van der Waals surface area contributed by atoms with E-state index in [0.717, 1.165) is 0 Å². The van der Waals surface area contributed by atoms with Crippen LogP contribution < -0.4 is 0 Å². The molecule has 0 bridgehead atoms. The first kappa shape index (κ1) is 24.1. The number of piperazine rings is 1. The molecule has 170 valence electrons. The maximum atomic E-state index is 12.8. The molecule has 0 unspecified atom stereocenters. The number of hydrogen-bond donors (Lipinski definition) is 0. The van der Waals surface area contributed by atoms with Gasteiger partial charge in [-0.15, -0.1) is 0 Å². The Morgan fingerprint density at radius 1 is 1.07 bits per heavy atom. The summed E-state index contributed by atoms with van der Waals surface area (Å²) in [7, 11) is 0. The zero-order chi connectivity index (χ0) is 21.8. The molecule has 1 atom stereocenters. The van der Waals surface area contributed by atoms with Crippen molar-refractivity contribution in [3.05, 3.63) is 0 Å². The largest absolute Gasteiger partial charge is 0.444 e. The van der Waals surface area contributed by atoms with Crippen LogP contribution in [0.1, 0.15) is 46.5 Å². The van der Waals surface area contributed by atoms with Gasteiger partial charge in [-0.05, 0) is 52.4 Å². The second-order valence-corrected chi connectivity index (χ2v) is 8.94. The molecule has 1 aliphatic heterocycles. The first-order valence-electron chi connectivity index (χ1n) is 10.0. The predicted molar refractivity (Wildman–Crippen MR) is 96.6 cm³/mol.